The number of allylic oxidation sites excluding steroid dienone is 1. The van der Waals surface area contributed by atoms with Gasteiger partial charge in [0.1, 0.15) is 0 Å². The molecule has 0 bridgehead atoms. The van der Waals surface area contributed by atoms with E-state index in [2.05, 4.69) is 85.0 Å². The summed E-state index contributed by atoms with van der Waals surface area (Å²) in [6, 6.07) is 0. The van der Waals surface area contributed by atoms with E-state index in [1.165, 1.54) is 257 Å². The van der Waals surface area contributed by atoms with Gasteiger partial charge in [0.05, 0.1) is 18.1 Å². The summed E-state index contributed by atoms with van der Waals surface area (Å²) in [5.74, 6) is 0. The standard InChI is InChI=1S/C27H50N2O2.C19H38O.C8H16.C3H8O.C3H6.C3H8.C2H4/c1-4-6-8-10-12-13-14-16-18-22-29(21-17-15-11-9-7-5-2)23-19-20-28-25-24(3)26(30)27(25)31;1-4-7-9-11-13-15-17-19(20-6-3)18-16-14-12-10-8-5-2;1-3-5-7-8-6-4-2;1-2-3-4;1-2-3-1;1-3-2;1-2/h28H,4-23H2,1-3H3;6,19H,3-5,7-18H2,1-2H3;3H,1,4-8H2,2H3;4H,2-3H2,1H3;1-3H2;3H2,1-2H3;1-2H2. The van der Waals surface area contributed by atoms with Crippen LogP contribution in [0.4, 0.5) is 5.69 Å². The van der Waals surface area contributed by atoms with Crippen LogP contribution in [0.15, 0.2) is 48.2 Å². The summed E-state index contributed by atoms with van der Waals surface area (Å²) in [5.41, 5.74) is 0.490. The van der Waals surface area contributed by atoms with Crippen molar-refractivity contribution in [3.63, 3.8) is 0 Å². The highest BCUT2D eigenvalue weighted by Crippen LogP contribution is 2.18. The maximum Gasteiger partial charge on any atom is 0.249 e. The van der Waals surface area contributed by atoms with Gasteiger partial charge in [-0.2, -0.15) is 0 Å². The zero-order valence-corrected chi connectivity index (χ0v) is 50.0. The lowest BCUT2D eigenvalue weighted by atomic mass is 10.0. The van der Waals surface area contributed by atoms with E-state index in [9.17, 15) is 9.59 Å². The normalized spacial score (nSPS) is 10.9. The zero-order chi connectivity index (χ0) is 54.1. The topological polar surface area (TPSA) is 78.9 Å². The zero-order valence-electron chi connectivity index (χ0n) is 50.0. The van der Waals surface area contributed by atoms with E-state index >= 15 is 0 Å². The molecule has 0 radical (unpaired) electrons. The smallest absolute Gasteiger partial charge is 0.249 e. The predicted molar refractivity (Wildman–Crippen MR) is 325 cm³/mol. The van der Waals surface area contributed by atoms with E-state index in [0.717, 1.165) is 25.9 Å². The minimum Gasteiger partial charge on any atom is -0.499 e. The Hall–Kier alpha value is -2.18. The van der Waals surface area contributed by atoms with Crippen LogP contribution < -0.4 is 16.2 Å². The second-order valence-corrected chi connectivity index (χ2v) is 20.0. The molecular formula is C65H130N2O4. The second-order valence-electron chi connectivity index (χ2n) is 20.0. The Bertz CT molecular complexity index is 1150. The number of unbranched alkanes of at least 4 members (excludes halogenated alkanes) is 27. The molecule has 1 aromatic rings. The van der Waals surface area contributed by atoms with Gasteiger partial charge < -0.3 is 20.1 Å². The number of nitrogens with zero attached hydrogens (tertiary/aromatic N) is 1. The molecule has 1 aromatic carbocycles. The monoisotopic (exact) mass is 1000 g/mol. The van der Waals surface area contributed by atoms with Crippen molar-refractivity contribution < 1.29 is 9.84 Å². The number of anilines is 1. The third-order valence-corrected chi connectivity index (χ3v) is 12.4. The van der Waals surface area contributed by atoms with E-state index in [0.29, 0.717) is 24.0 Å². The highest BCUT2D eigenvalue weighted by Gasteiger charge is 2.16. The molecule has 0 unspecified atom stereocenters. The van der Waals surface area contributed by atoms with Crippen LogP contribution in [0, 0.1) is 6.92 Å². The number of nitrogens with one attached hydrogen (secondary N) is 1. The number of ether oxygens (including phenoxy) is 1. The molecule has 1 aliphatic rings. The van der Waals surface area contributed by atoms with Crippen LogP contribution in [-0.2, 0) is 4.74 Å². The van der Waals surface area contributed by atoms with Crippen molar-refractivity contribution >= 4 is 5.69 Å². The minimum atomic E-state index is -0.337. The van der Waals surface area contributed by atoms with Crippen molar-refractivity contribution in [2.24, 2.45) is 0 Å². The maximum absolute atomic E-state index is 11.6. The molecule has 0 aliphatic heterocycles. The summed E-state index contributed by atoms with van der Waals surface area (Å²) < 4.78 is 5.66. The van der Waals surface area contributed by atoms with E-state index < -0.39 is 0 Å². The van der Waals surface area contributed by atoms with Gasteiger partial charge >= 0.3 is 0 Å². The Morgan fingerprint density at radius 2 is 0.831 bits per heavy atom. The summed E-state index contributed by atoms with van der Waals surface area (Å²) in [5, 5.41) is 11.1. The molecule has 6 heteroatoms. The summed E-state index contributed by atoms with van der Waals surface area (Å²) in [6.07, 6.45) is 57.6. The molecular weight excluding hydrogens is 873 g/mol. The Labute approximate surface area is 446 Å². The molecule has 0 aromatic heterocycles. The molecule has 1 aliphatic carbocycles. The molecule has 2 N–H and O–H groups in total. The summed E-state index contributed by atoms with van der Waals surface area (Å²) >= 11 is 0. The highest BCUT2D eigenvalue weighted by molar-refractivity contribution is 5.55. The molecule has 2 rings (SSSR count). The van der Waals surface area contributed by atoms with Gasteiger partial charge in [-0.05, 0) is 90.8 Å². The van der Waals surface area contributed by atoms with Gasteiger partial charge in [0, 0.05) is 18.7 Å². The first-order valence-electron chi connectivity index (χ1n) is 30.9. The van der Waals surface area contributed by atoms with E-state index in [4.69, 9.17) is 9.84 Å². The van der Waals surface area contributed by atoms with Crippen LogP contribution in [-0.4, -0.2) is 48.9 Å². The van der Waals surface area contributed by atoms with E-state index in [1.54, 1.807) is 13.2 Å². The van der Waals surface area contributed by atoms with Gasteiger partial charge in [0.2, 0.25) is 10.9 Å². The molecule has 0 atom stereocenters. The number of rotatable bonds is 44. The fourth-order valence-electron chi connectivity index (χ4n) is 7.77. The van der Waals surface area contributed by atoms with Crippen molar-refractivity contribution in [1.29, 1.82) is 0 Å². The van der Waals surface area contributed by atoms with Crippen molar-refractivity contribution in [3.05, 3.63) is 64.7 Å². The number of hydrogen-bond donors (Lipinski definition) is 2. The van der Waals surface area contributed by atoms with Gasteiger partial charge in [-0.3, -0.25) is 9.59 Å². The summed E-state index contributed by atoms with van der Waals surface area (Å²) in [4.78, 5) is 25.5. The molecule has 424 valence electrons. The first-order chi connectivity index (χ1) is 34.7. The van der Waals surface area contributed by atoms with Crippen molar-refractivity contribution in [2.75, 3.05) is 38.1 Å². The predicted octanol–water partition coefficient (Wildman–Crippen LogP) is 20.5. The Balaban J connectivity index is -0.000000306. The molecule has 1 fully saturated rings. The largest absolute Gasteiger partial charge is 0.499 e. The minimum absolute atomic E-state index is 0.319. The molecule has 0 heterocycles. The fraction of sp³-hybridized carbons (Fsp3) is 0.846. The van der Waals surface area contributed by atoms with Crippen LogP contribution in [0.3, 0.4) is 0 Å². The average molecular weight is 1000 g/mol. The fourth-order valence-corrected chi connectivity index (χ4v) is 7.77. The van der Waals surface area contributed by atoms with Gasteiger partial charge in [-0.25, -0.2) is 0 Å². The molecule has 71 heavy (non-hydrogen) atoms. The molecule has 6 nitrogen and oxygen atoms in total. The second kappa shape index (κ2) is 72.1. The van der Waals surface area contributed by atoms with Gasteiger partial charge in [-0.15, -0.1) is 19.7 Å². The Morgan fingerprint density at radius 1 is 0.507 bits per heavy atom. The lowest BCUT2D eigenvalue weighted by Crippen LogP contribution is -2.37. The molecule has 0 spiro atoms. The molecule has 1 saturated carbocycles. The van der Waals surface area contributed by atoms with Gasteiger partial charge in [0.25, 0.3) is 0 Å². The third-order valence-electron chi connectivity index (χ3n) is 12.4. The Kier molecular flexibility index (Phi) is 78.9. The van der Waals surface area contributed by atoms with Crippen LogP contribution in [0.25, 0.3) is 0 Å². The van der Waals surface area contributed by atoms with Crippen molar-refractivity contribution in [1.82, 2.24) is 4.90 Å². The SMILES string of the molecule is C1CC1.C=C.C=CCCCCCC.C=COC(CCCCCCCC)CCCCCCCC.CCC.CCCCCCCCCCCN(CCCCCCCC)CCCNc1c(C)c(=O)c1=O.CCCO. The maximum atomic E-state index is 11.6. The van der Waals surface area contributed by atoms with E-state index in [1.807, 2.05) is 13.0 Å². The van der Waals surface area contributed by atoms with Crippen molar-refractivity contribution in [3.8, 4) is 0 Å². The van der Waals surface area contributed by atoms with Crippen molar-refractivity contribution in [2.45, 2.75) is 325 Å². The number of aliphatic hydroxyl groups excluding tert-OH is 1. The molecule has 0 saturated heterocycles. The van der Waals surface area contributed by atoms with Crippen LogP contribution in [0.1, 0.15) is 318 Å². The lowest BCUT2D eigenvalue weighted by molar-refractivity contribution is 0.121. The van der Waals surface area contributed by atoms with E-state index in [-0.39, 0.29) is 10.9 Å². The van der Waals surface area contributed by atoms with Crippen LogP contribution in [0.2, 0.25) is 0 Å². The van der Waals surface area contributed by atoms with Crippen LogP contribution in [0.5, 0.6) is 0 Å². The highest BCUT2D eigenvalue weighted by atomic mass is 16.5. The first kappa shape index (κ1) is 77.7. The third kappa shape index (κ3) is 67.8. The van der Waals surface area contributed by atoms with Crippen LogP contribution >= 0.6 is 0 Å². The van der Waals surface area contributed by atoms with Gasteiger partial charge in [-0.1, -0.05) is 261 Å². The first-order valence-corrected chi connectivity index (χ1v) is 30.9. The summed E-state index contributed by atoms with van der Waals surface area (Å²) in [6.45, 7) is 37.2. The Morgan fingerprint density at radius 3 is 1.14 bits per heavy atom. The average Bonchev–Trinajstić information content (AvgIpc) is 4.29. The quantitative estimate of drug-likeness (QED) is 0.0293. The van der Waals surface area contributed by atoms with Gasteiger partial charge in [0.15, 0.2) is 0 Å². The number of hydrogen-bond acceptors (Lipinski definition) is 6. The summed E-state index contributed by atoms with van der Waals surface area (Å²) in [7, 11) is 0. The lowest BCUT2D eigenvalue weighted by Gasteiger charge is -2.23. The number of aliphatic hydroxyl groups is 1. The molecule has 0 amide bonds.